The fourth-order valence-corrected chi connectivity index (χ4v) is 3.83. The maximum Gasteiger partial charge on any atom is 0.251 e. The predicted molar refractivity (Wildman–Crippen MR) is 82.4 cm³/mol. The van der Waals surface area contributed by atoms with E-state index < -0.39 is 5.82 Å². The number of anilines is 1. The van der Waals surface area contributed by atoms with Crippen molar-refractivity contribution in [2.24, 2.45) is 11.8 Å². The first kappa shape index (κ1) is 15.7. The molecule has 130 valence electrons. The number of carbonyl (C=O) groups excluding carboxylic acids is 1. The molecule has 0 aliphatic carbocycles. The Kier molecular flexibility index (Phi) is 4.32. The molecule has 3 saturated heterocycles. The van der Waals surface area contributed by atoms with Gasteiger partial charge >= 0.3 is 0 Å². The summed E-state index contributed by atoms with van der Waals surface area (Å²) in [7, 11) is 0. The van der Waals surface area contributed by atoms with Crippen LogP contribution in [0.25, 0.3) is 0 Å². The number of hydrogen-bond acceptors (Lipinski definition) is 6. The summed E-state index contributed by atoms with van der Waals surface area (Å²) in [6, 6.07) is 0. The Balaban J connectivity index is 1.54. The summed E-state index contributed by atoms with van der Waals surface area (Å²) >= 11 is 0. The van der Waals surface area contributed by atoms with Crippen LogP contribution in [0.5, 0.6) is 0 Å². The molecule has 4 rings (SSSR count). The van der Waals surface area contributed by atoms with Gasteiger partial charge in [0.15, 0.2) is 5.82 Å². The van der Waals surface area contributed by atoms with E-state index in [0.717, 1.165) is 31.7 Å². The first-order chi connectivity index (χ1) is 11.7. The summed E-state index contributed by atoms with van der Waals surface area (Å²) in [5.41, 5.74) is 0. The number of piperidine rings is 1. The molecule has 4 heterocycles. The molecule has 0 N–H and O–H groups in total. The molecule has 3 aliphatic rings. The van der Waals surface area contributed by atoms with E-state index in [2.05, 4.69) is 9.97 Å². The number of carbonyl (C=O) groups is 1. The SMILES string of the molecule is O=C([C@@H]1CN(c2ncc(F)cn2)C[C@@H]2OCC[C@@H]21)N1CCCCO1. The van der Waals surface area contributed by atoms with Gasteiger partial charge in [0.05, 0.1) is 31.0 Å². The molecule has 0 radical (unpaired) electrons. The molecule has 1 amide bonds. The Morgan fingerprint density at radius 3 is 2.79 bits per heavy atom. The van der Waals surface area contributed by atoms with E-state index in [1.54, 1.807) is 0 Å². The molecular formula is C16H21FN4O3. The third-order valence-corrected chi connectivity index (χ3v) is 5.05. The molecule has 1 aromatic heterocycles. The number of amides is 1. The number of hydrogen-bond donors (Lipinski definition) is 0. The summed E-state index contributed by atoms with van der Waals surface area (Å²) < 4.78 is 18.9. The smallest absolute Gasteiger partial charge is 0.251 e. The zero-order chi connectivity index (χ0) is 16.5. The van der Waals surface area contributed by atoms with Crippen molar-refractivity contribution in [1.82, 2.24) is 15.0 Å². The third-order valence-electron chi connectivity index (χ3n) is 5.05. The topological polar surface area (TPSA) is 67.8 Å². The van der Waals surface area contributed by atoms with Crippen LogP contribution < -0.4 is 4.90 Å². The Hall–Kier alpha value is -1.80. The lowest BCUT2D eigenvalue weighted by Gasteiger charge is -2.41. The zero-order valence-corrected chi connectivity index (χ0v) is 13.4. The van der Waals surface area contributed by atoms with Crippen molar-refractivity contribution in [2.75, 3.05) is 37.7 Å². The van der Waals surface area contributed by atoms with Crippen molar-refractivity contribution in [3.8, 4) is 0 Å². The lowest BCUT2D eigenvalue weighted by molar-refractivity contribution is -0.203. The van der Waals surface area contributed by atoms with Crippen molar-refractivity contribution in [3.63, 3.8) is 0 Å². The number of rotatable bonds is 2. The average molecular weight is 336 g/mol. The Labute approximate surface area is 139 Å². The first-order valence-electron chi connectivity index (χ1n) is 8.51. The van der Waals surface area contributed by atoms with Crippen LogP contribution in [0.1, 0.15) is 19.3 Å². The van der Waals surface area contributed by atoms with Gasteiger partial charge in [0, 0.05) is 32.2 Å². The molecule has 0 unspecified atom stereocenters. The highest BCUT2D eigenvalue weighted by Crippen LogP contribution is 2.36. The Morgan fingerprint density at radius 2 is 2.04 bits per heavy atom. The number of halogens is 1. The van der Waals surface area contributed by atoms with E-state index in [0.29, 0.717) is 38.8 Å². The summed E-state index contributed by atoms with van der Waals surface area (Å²) in [5, 5.41) is 1.51. The van der Waals surface area contributed by atoms with E-state index in [4.69, 9.17) is 9.57 Å². The van der Waals surface area contributed by atoms with Crippen molar-refractivity contribution in [2.45, 2.75) is 25.4 Å². The normalized spacial score (nSPS) is 30.3. The minimum Gasteiger partial charge on any atom is -0.376 e. The highest BCUT2D eigenvalue weighted by Gasteiger charge is 2.46. The molecule has 0 bridgehead atoms. The molecule has 8 heteroatoms. The van der Waals surface area contributed by atoms with Crippen LogP contribution in [-0.2, 0) is 14.4 Å². The fourth-order valence-electron chi connectivity index (χ4n) is 3.83. The van der Waals surface area contributed by atoms with Gasteiger partial charge in [-0.3, -0.25) is 9.63 Å². The lowest BCUT2D eigenvalue weighted by atomic mass is 9.82. The molecule has 3 fully saturated rings. The van der Waals surface area contributed by atoms with Gasteiger partial charge in [-0.15, -0.1) is 0 Å². The Morgan fingerprint density at radius 1 is 1.21 bits per heavy atom. The molecule has 0 spiro atoms. The van der Waals surface area contributed by atoms with E-state index in [-0.39, 0.29) is 23.8 Å². The molecule has 3 atom stereocenters. The zero-order valence-electron chi connectivity index (χ0n) is 13.4. The second-order valence-electron chi connectivity index (χ2n) is 6.56. The maximum absolute atomic E-state index is 13.1. The van der Waals surface area contributed by atoms with Gasteiger partial charge < -0.3 is 9.64 Å². The number of hydroxylamine groups is 2. The van der Waals surface area contributed by atoms with Crippen molar-refractivity contribution in [3.05, 3.63) is 18.2 Å². The molecule has 24 heavy (non-hydrogen) atoms. The van der Waals surface area contributed by atoms with Gasteiger partial charge in [-0.2, -0.15) is 0 Å². The van der Waals surface area contributed by atoms with Crippen LogP contribution >= 0.6 is 0 Å². The van der Waals surface area contributed by atoms with E-state index in [9.17, 15) is 9.18 Å². The highest BCUT2D eigenvalue weighted by molar-refractivity contribution is 5.79. The van der Waals surface area contributed by atoms with Crippen molar-refractivity contribution < 1.29 is 18.8 Å². The van der Waals surface area contributed by atoms with Gasteiger partial charge in [-0.05, 0) is 19.3 Å². The molecule has 0 aromatic carbocycles. The Bertz CT molecular complexity index is 593. The molecular weight excluding hydrogens is 315 g/mol. The summed E-state index contributed by atoms with van der Waals surface area (Å²) in [6.07, 6.45) is 5.11. The van der Waals surface area contributed by atoms with Crippen LogP contribution in [0, 0.1) is 17.7 Å². The van der Waals surface area contributed by atoms with Gasteiger partial charge in [-0.1, -0.05) is 0 Å². The summed E-state index contributed by atoms with van der Waals surface area (Å²) in [6.45, 7) is 3.03. The molecule has 1 aromatic rings. The molecule has 3 aliphatic heterocycles. The number of nitrogens with zero attached hydrogens (tertiary/aromatic N) is 4. The maximum atomic E-state index is 13.1. The van der Waals surface area contributed by atoms with E-state index in [1.165, 1.54) is 5.06 Å². The van der Waals surface area contributed by atoms with Crippen molar-refractivity contribution in [1.29, 1.82) is 0 Å². The van der Waals surface area contributed by atoms with Gasteiger partial charge in [0.25, 0.3) is 5.91 Å². The molecule has 0 saturated carbocycles. The standard InChI is InChI=1S/C16H21FN4O3/c17-11-7-18-16(19-8-11)20-9-13(12-3-6-23-14(12)10-20)15(22)21-4-1-2-5-24-21/h7-8,12-14H,1-6,9-10H2/t12-,13-,14+/m1/s1. The average Bonchev–Trinajstić information content (AvgIpc) is 3.10. The van der Waals surface area contributed by atoms with Crippen LogP contribution in [0.2, 0.25) is 0 Å². The van der Waals surface area contributed by atoms with Gasteiger partial charge in [-0.25, -0.2) is 19.4 Å². The number of ether oxygens (including phenoxy) is 1. The molecule has 7 nitrogen and oxygen atoms in total. The minimum atomic E-state index is -0.472. The number of aromatic nitrogens is 2. The van der Waals surface area contributed by atoms with Gasteiger partial charge in [0.2, 0.25) is 5.95 Å². The summed E-state index contributed by atoms with van der Waals surface area (Å²) in [5.74, 6) is -0.0393. The van der Waals surface area contributed by atoms with Crippen LogP contribution in [-0.4, -0.2) is 59.9 Å². The highest BCUT2D eigenvalue weighted by atomic mass is 19.1. The monoisotopic (exact) mass is 336 g/mol. The van der Waals surface area contributed by atoms with Gasteiger partial charge in [0.1, 0.15) is 0 Å². The van der Waals surface area contributed by atoms with Crippen LogP contribution in [0.4, 0.5) is 10.3 Å². The van der Waals surface area contributed by atoms with Crippen molar-refractivity contribution >= 4 is 11.9 Å². The lowest BCUT2D eigenvalue weighted by Crippen LogP contribution is -2.54. The number of fused-ring (bicyclic) bond motifs is 1. The van der Waals surface area contributed by atoms with E-state index >= 15 is 0 Å². The first-order valence-corrected chi connectivity index (χ1v) is 8.51. The third kappa shape index (κ3) is 2.95. The van der Waals surface area contributed by atoms with E-state index in [1.807, 2.05) is 4.90 Å². The predicted octanol–water partition coefficient (Wildman–Crippen LogP) is 1.01. The second kappa shape index (κ2) is 6.60. The van der Waals surface area contributed by atoms with Crippen LogP contribution in [0.3, 0.4) is 0 Å². The quantitative estimate of drug-likeness (QED) is 0.803. The second-order valence-corrected chi connectivity index (χ2v) is 6.56. The van der Waals surface area contributed by atoms with Crippen LogP contribution in [0.15, 0.2) is 12.4 Å². The minimum absolute atomic E-state index is 0.0158. The fraction of sp³-hybridized carbons (Fsp3) is 0.688. The largest absolute Gasteiger partial charge is 0.376 e. The summed E-state index contributed by atoms with van der Waals surface area (Å²) in [4.78, 5) is 28.5.